The molecule has 2 amide bonds. The summed E-state index contributed by atoms with van der Waals surface area (Å²) in [6.45, 7) is 6.66. The lowest BCUT2D eigenvalue weighted by molar-refractivity contribution is -0.124. The molecule has 110 valence electrons. The summed E-state index contributed by atoms with van der Waals surface area (Å²) in [5.41, 5.74) is 1.04. The first-order valence-corrected chi connectivity index (χ1v) is 7.57. The monoisotopic (exact) mass is 294 g/mol. The third-order valence-corrected chi connectivity index (χ3v) is 3.69. The molecule has 0 radical (unpaired) electrons. The average Bonchev–Trinajstić information content (AvgIpc) is 2.41. The van der Waals surface area contributed by atoms with Crippen LogP contribution < -0.4 is 10.6 Å². The Morgan fingerprint density at radius 2 is 1.70 bits per heavy atom. The molecule has 0 fully saturated rings. The number of carbonyl (C=O) groups is 2. The third kappa shape index (κ3) is 7.84. The summed E-state index contributed by atoms with van der Waals surface area (Å²) in [5, 5.41) is 5.39. The standard InChI is InChI=1S/C15H22N2O2S/c1-15(2,3)20-11-14(19)17-10-13(18)16-9-12-7-5-4-6-8-12/h4-8H,9-11H2,1-3H3,(H,16,18)(H,17,19). The van der Waals surface area contributed by atoms with Gasteiger partial charge in [0.15, 0.2) is 0 Å². The van der Waals surface area contributed by atoms with Crippen molar-refractivity contribution in [2.24, 2.45) is 0 Å². The first kappa shape index (κ1) is 16.6. The van der Waals surface area contributed by atoms with Gasteiger partial charge in [0.2, 0.25) is 11.8 Å². The molecular weight excluding hydrogens is 272 g/mol. The van der Waals surface area contributed by atoms with E-state index in [2.05, 4.69) is 31.4 Å². The van der Waals surface area contributed by atoms with Gasteiger partial charge in [-0.15, -0.1) is 11.8 Å². The summed E-state index contributed by atoms with van der Waals surface area (Å²) >= 11 is 1.56. The number of carbonyl (C=O) groups excluding carboxylic acids is 2. The van der Waals surface area contributed by atoms with Crippen molar-refractivity contribution in [1.82, 2.24) is 10.6 Å². The summed E-state index contributed by atoms with van der Waals surface area (Å²) < 4.78 is 0.0485. The third-order valence-electron chi connectivity index (χ3n) is 2.41. The minimum Gasteiger partial charge on any atom is -0.350 e. The molecular formula is C15H22N2O2S. The van der Waals surface area contributed by atoms with Crippen LogP contribution in [0.5, 0.6) is 0 Å². The zero-order chi connectivity index (χ0) is 15.0. The number of hydrogen-bond donors (Lipinski definition) is 2. The van der Waals surface area contributed by atoms with E-state index in [0.29, 0.717) is 12.3 Å². The van der Waals surface area contributed by atoms with Gasteiger partial charge in [-0.1, -0.05) is 51.1 Å². The normalized spacial score (nSPS) is 10.9. The van der Waals surface area contributed by atoms with Crippen molar-refractivity contribution in [2.45, 2.75) is 32.1 Å². The fraction of sp³-hybridized carbons (Fsp3) is 0.467. The van der Waals surface area contributed by atoms with Gasteiger partial charge >= 0.3 is 0 Å². The van der Waals surface area contributed by atoms with E-state index in [-0.39, 0.29) is 23.1 Å². The summed E-state index contributed by atoms with van der Waals surface area (Å²) in [7, 11) is 0. The van der Waals surface area contributed by atoms with Gasteiger partial charge in [0.25, 0.3) is 0 Å². The Morgan fingerprint density at radius 1 is 1.05 bits per heavy atom. The van der Waals surface area contributed by atoms with Crippen molar-refractivity contribution in [3.8, 4) is 0 Å². The summed E-state index contributed by atoms with van der Waals surface area (Å²) in [6, 6.07) is 9.66. The number of amides is 2. The summed E-state index contributed by atoms with van der Waals surface area (Å²) in [4.78, 5) is 23.1. The van der Waals surface area contributed by atoms with Gasteiger partial charge in [-0.05, 0) is 5.56 Å². The van der Waals surface area contributed by atoms with E-state index in [1.807, 2.05) is 30.3 Å². The Labute approximate surface area is 124 Å². The van der Waals surface area contributed by atoms with Gasteiger partial charge in [0.1, 0.15) is 0 Å². The first-order valence-electron chi connectivity index (χ1n) is 6.58. The van der Waals surface area contributed by atoms with E-state index in [4.69, 9.17) is 0 Å². The SMILES string of the molecule is CC(C)(C)SCC(=O)NCC(=O)NCc1ccccc1. The van der Waals surface area contributed by atoms with E-state index in [0.717, 1.165) is 5.56 Å². The van der Waals surface area contributed by atoms with Crippen molar-refractivity contribution in [3.05, 3.63) is 35.9 Å². The Bertz CT molecular complexity index is 441. The highest BCUT2D eigenvalue weighted by Crippen LogP contribution is 2.22. The highest BCUT2D eigenvalue weighted by molar-refractivity contribution is 8.01. The van der Waals surface area contributed by atoms with Crippen LogP contribution in [0.3, 0.4) is 0 Å². The molecule has 0 aliphatic carbocycles. The molecule has 0 aromatic heterocycles. The molecule has 0 atom stereocenters. The smallest absolute Gasteiger partial charge is 0.239 e. The van der Waals surface area contributed by atoms with Crippen molar-refractivity contribution >= 4 is 23.6 Å². The Hall–Kier alpha value is -1.49. The summed E-state index contributed by atoms with van der Waals surface area (Å²) in [6.07, 6.45) is 0. The van der Waals surface area contributed by atoms with Crippen LogP contribution in [0.15, 0.2) is 30.3 Å². The van der Waals surface area contributed by atoms with Crippen molar-refractivity contribution in [1.29, 1.82) is 0 Å². The van der Waals surface area contributed by atoms with E-state index >= 15 is 0 Å². The van der Waals surface area contributed by atoms with Crippen LogP contribution in [0.2, 0.25) is 0 Å². The van der Waals surface area contributed by atoms with Crippen LogP contribution in [0.25, 0.3) is 0 Å². The molecule has 0 unspecified atom stereocenters. The fourth-order valence-corrected chi connectivity index (χ4v) is 2.04. The maximum atomic E-state index is 11.6. The van der Waals surface area contributed by atoms with Gasteiger partial charge in [0.05, 0.1) is 12.3 Å². The molecule has 0 spiro atoms. The largest absolute Gasteiger partial charge is 0.350 e. The first-order chi connectivity index (χ1) is 9.37. The highest BCUT2D eigenvalue weighted by atomic mass is 32.2. The number of rotatable bonds is 6. The van der Waals surface area contributed by atoms with E-state index in [9.17, 15) is 9.59 Å². The minimum atomic E-state index is -0.178. The van der Waals surface area contributed by atoms with Crippen molar-refractivity contribution in [3.63, 3.8) is 0 Å². The van der Waals surface area contributed by atoms with Crippen LogP contribution in [0, 0.1) is 0 Å². The van der Waals surface area contributed by atoms with Crippen LogP contribution in [0.4, 0.5) is 0 Å². The lowest BCUT2D eigenvalue weighted by Gasteiger charge is -2.16. The predicted molar refractivity (Wildman–Crippen MR) is 83.5 cm³/mol. The molecule has 4 nitrogen and oxygen atoms in total. The zero-order valence-corrected chi connectivity index (χ0v) is 13.0. The van der Waals surface area contributed by atoms with Crippen molar-refractivity contribution < 1.29 is 9.59 Å². The zero-order valence-electron chi connectivity index (χ0n) is 12.2. The Balaban J connectivity index is 2.18. The van der Waals surface area contributed by atoms with Crippen LogP contribution >= 0.6 is 11.8 Å². The molecule has 5 heteroatoms. The van der Waals surface area contributed by atoms with E-state index in [1.54, 1.807) is 11.8 Å². The quantitative estimate of drug-likeness (QED) is 0.843. The second-order valence-corrected chi connectivity index (χ2v) is 7.24. The molecule has 2 N–H and O–H groups in total. The Kier molecular flexibility index (Phi) is 6.58. The topological polar surface area (TPSA) is 58.2 Å². The molecule has 0 bridgehead atoms. The number of hydrogen-bond acceptors (Lipinski definition) is 3. The molecule has 1 aromatic rings. The minimum absolute atomic E-state index is 0.0242. The van der Waals surface area contributed by atoms with Gasteiger partial charge in [-0.25, -0.2) is 0 Å². The molecule has 0 saturated carbocycles. The van der Waals surface area contributed by atoms with Gasteiger partial charge < -0.3 is 10.6 Å². The van der Waals surface area contributed by atoms with Gasteiger partial charge in [-0.2, -0.15) is 0 Å². The number of benzene rings is 1. The second-order valence-electron chi connectivity index (χ2n) is 5.44. The molecule has 0 heterocycles. The highest BCUT2D eigenvalue weighted by Gasteiger charge is 2.13. The molecule has 20 heavy (non-hydrogen) atoms. The number of nitrogens with one attached hydrogen (secondary N) is 2. The van der Waals surface area contributed by atoms with E-state index < -0.39 is 0 Å². The summed E-state index contributed by atoms with van der Waals surface area (Å²) in [5.74, 6) is 0.0814. The van der Waals surface area contributed by atoms with Gasteiger partial charge in [-0.3, -0.25) is 9.59 Å². The molecule has 0 aliphatic heterocycles. The average molecular weight is 294 g/mol. The maximum Gasteiger partial charge on any atom is 0.239 e. The Morgan fingerprint density at radius 3 is 2.30 bits per heavy atom. The van der Waals surface area contributed by atoms with E-state index in [1.165, 1.54) is 0 Å². The maximum absolute atomic E-state index is 11.6. The molecule has 1 rings (SSSR count). The number of thioether (sulfide) groups is 1. The molecule has 0 aliphatic rings. The van der Waals surface area contributed by atoms with Crippen LogP contribution in [-0.4, -0.2) is 28.9 Å². The predicted octanol–water partition coefficient (Wildman–Crippen LogP) is 1.95. The van der Waals surface area contributed by atoms with Crippen molar-refractivity contribution in [2.75, 3.05) is 12.3 Å². The molecule has 0 saturated heterocycles. The fourth-order valence-electron chi connectivity index (χ4n) is 1.37. The lowest BCUT2D eigenvalue weighted by Crippen LogP contribution is -2.37. The lowest BCUT2D eigenvalue weighted by atomic mass is 10.2. The van der Waals surface area contributed by atoms with Crippen LogP contribution in [-0.2, 0) is 16.1 Å². The van der Waals surface area contributed by atoms with Gasteiger partial charge in [0, 0.05) is 11.3 Å². The molecule has 1 aromatic carbocycles. The van der Waals surface area contributed by atoms with Crippen LogP contribution in [0.1, 0.15) is 26.3 Å². The second kappa shape index (κ2) is 7.94.